The maximum atomic E-state index is 3.47. The van der Waals surface area contributed by atoms with Crippen LogP contribution in [0.25, 0.3) is 0 Å². The molecule has 0 aliphatic rings. The molecule has 0 aliphatic heterocycles. The van der Waals surface area contributed by atoms with Gasteiger partial charge in [-0.15, -0.1) is 0 Å². The van der Waals surface area contributed by atoms with E-state index < -0.39 is 0 Å². The van der Waals surface area contributed by atoms with Crippen molar-refractivity contribution >= 4 is 0 Å². The lowest BCUT2D eigenvalue weighted by atomic mass is 10.0. The van der Waals surface area contributed by atoms with Crippen LogP contribution in [0, 0.1) is 6.92 Å². The van der Waals surface area contributed by atoms with Crippen molar-refractivity contribution < 1.29 is 0 Å². The average molecular weight is 220 g/mol. The van der Waals surface area contributed by atoms with Crippen LogP contribution in [0.4, 0.5) is 0 Å². The van der Waals surface area contributed by atoms with Crippen LogP contribution in [0.1, 0.15) is 24.0 Å². The normalized spacial score (nSPS) is 10.6. The van der Waals surface area contributed by atoms with E-state index in [1.807, 2.05) is 7.05 Å². The third-order valence-corrected chi connectivity index (χ3v) is 2.84. The first-order valence-electron chi connectivity index (χ1n) is 6.24. The zero-order chi connectivity index (χ0) is 11.6. The summed E-state index contributed by atoms with van der Waals surface area (Å²) in [7, 11) is 2.00. The van der Waals surface area contributed by atoms with Crippen LogP contribution in [-0.2, 0) is 6.42 Å². The van der Waals surface area contributed by atoms with Crippen molar-refractivity contribution in [2.75, 3.05) is 26.7 Å². The Kier molecular flexibility index (Phi) is 6.86. The predicted molar refractivity (Wildman–Crippen MR) is 70.9 cm³/mol. The minimum absolute atomic E-state index is 1.10. The molecule has 0 atom stereocenters. The summed E-state index contributed by atoms with van der Waals surface area (Å²) >= 11 is 0. The minimum Gasteiger partial charge on any atom is -0.320 e. The average Bonchev–Trinajstić information content (AvgIpc) is 2.30. The van der Waals surface area contributed by atoms with Gasteiger partial charge in [-0.25, -0.2) is 0 Å². The first-order valence-corrected chi connectivity index (χ1v) is 6.24. The van der Waals surface area contributed by atoms with Gasteiger partial charge in [-0.3, -0.25) is 0 Å². The number of rotatable bonds is 8. The number of benzene rings is 1. The zero-order valence-corrected chi connectivity index (χ0v) is 10.6. The van der Waals surface area contributed by atoms with Crippen molar-refractivity contribution in [2.45, 2.75) is 26.2 Å². The fraction of sp³-hybridized carbons (Fsp3) is 0.571. The molecule has 0 bridgehead atoms. The van der Waals surface area contributed by atoms with Crippen LogP contribution < -0.4 is 10.6 Å². The minimum atomic E-state index is 1.10. The largest absolute Gasteiger partial charge is 0.320 e. The van der Waals surface area contributed by atoms with Crippen LogP contribution >= 0.6 is 0 Å². The highest BCUT2D eigenvalue weighted by Gasteiger charge is 1.96. The highest BCUT2D eigenvalue weighted by atomic mass is 14.9. The van der Waals surface area contributed by atoms with E-state index in [4.69, 9.17) is 0 Å². The molecule has 0 unspecified atom stereocenters. The summed E-state index contributed by atoms with van der Waals surface area (Å²) in [4.78, 5) is 0. The summed E-state index contributed by atoms with van der Waals surface area (Å²) in [6, 6.07) is 8.66. The third-order valence-electron chi connectivity index (χ3n) is 2.84. The lowest BCUT2D eigenvalue weighted by Crippen LogP contribution is -2.21. The van der Waals surface area contributed by atoms with Crippen molar-refractivity contribution in [3.05, 3.63) is 35.4 Å². The fourth-order valence-corrected chi connectivity index (χ4v) is 1.81. The van der Waals surface area contributed by atoms with Gasteiger partial charge >= 0.3 is 0 Å². The van der Waals surface area contributed by atoms with E-state index in [1.165, 1.54) is 30.4 Å². The Hall–Kier alpha value is -0.860. The topological polar surface area (TPSA) is 24.1 Å². The second-order valence-corrected chi connectivity index (χ2v) is 4.24. The molecule has 90 valence electrons. The molecule has 0 saturated heterocycles. The van der Waals surface area contributed by atoms with Crippen molar-refractivity contribution in [1.29, 1.82) is 0 Å². The third kappa shape index (κ3) is 5.29. The molecule has 0 amide bonds. The maximum Gasteiger partial charge on any atom is -0.00368 e. The Balaban J connectivity index is 2.05. The second kappa shape index (κ2) is 8.31. The first-order chi connectivity index (χ1) is 7.84. The number of hydrogen-bond acceptors (Lipinski definition) is 2. The molecule has 16 heavy (non-hydrogen) atoms. The number of nitrogens with one attached hydrogen (secondary N) is 2. The molecule has 2 nitrogen and oxygen atoms in total. The molecule has 0 aliphatic carbocycles. The molecule has 2 heteroatoms. The molecule has 0 spiro atoms. The predicted octanol–water partition coefficient (Wildman–Crippen LogP) is 2.13. The molecule has 1 rings (SSSR count). The molecule has 0 aromatic heterocycles. The molecular formula is C14H24N2. The Labute approximate surface area is 99.5 Å². The molecule has 1 aromatic carbocycles. The van der Waals surface area contributed by atoms with Gasteiger partial charge in [-0.05, 0) is 64.0 Å². The SMILES string of the molecule is CNCCCNCCCc1ccccc1C. The molecule has 0 saturated carbocycles. The van der Waals surface area contributed by atoms with Crippen LogP contribution in [0.3, 0.4) is 0 Å². The zero-order valence-electron chi connectivity index (χ0n) is 10.6. The van der Waals surface area contributed by atoms with Gasteiger partial charge in [0.2, 0.25) is 0 Å². The van der Waals surface area contributed by atoms with Crippen molar-refractivity contribution in [1.82, 2.24) is 10.6 Å². The van der Waals surface area contributed by atoms with E-state index in [0.717, 1.165) is 19.6 Å². The van der Waals surface area contributed by atoms with E-state index in [-0.39, 0.29) is 0 Å². The van der Waals surface area contributed by atoms with Gasteiger partial charge in [0.25, 0.3) is 0 Å². The molecule has 2 N–H and O–H groups in total. The Morgan fingerprint density at radius 3 is 2.50 bits per heavy atom. The Morgan fingerprint density at radius 2 is 1.75 bits per heavy atom. The van der Waals surface area contributed by atoms with E-state index in [9.17, 15) is 0 Å². The van der Waals surface area contributed by atoms with Gasteiger partial charge in [0.1, 0.15) is 0 Å². The second-order valence-electron chi connectivity index (χ2n) is 4.24. The van der Waals surface area contributed by atoms with Crippen molar-refractivity contribution in [2.24, 2.45) is 0 Å². The van der Waals surface area contributed by atoms with E-state index in [2.05, 4.69) is 41.8 Å². The Bertz CT molecular complexity index is 284. The number of aryl methyl sites for hydroxylation is 2. The highest BCUT2D eigenvalue weighted by molar-refractivity contribution is 5.25. The van der Waals surface area contributed by atoms with Crippen molar-refractivity contribution in [3.63, 3.8) is 0 Å². The van der Waals surface area contributed by atoms with Crippen molar-refractivity contribution in [3.8, 4) is 0 Å². The van der Waals surface area contributed by atoms with Gasteiger partial charge in [0.05, 0.1) is 0 Å². The molecule has 0 heterocycles. The van der Waals surface area contributed by atoms with E-state index in [1.54, 1.807) is 0 Å². The van der Waals surface area contributed by atoms with Gasteiger partial charge in [-0.2, -0.15) is 0 Å². The van der Waals surface area contributed by atoms with E-state index in [0.29, 0.717) is 0 Å². The standard InChI is InChI=1S/C14H24N2/c1-13-7-3-4-8-14(13)9-5-11-16-12-6-10-15-2/h3-4,7-8,15-16H,5-6,9-12H2,1-2H3. The van der Waals surface area contributed by atoms with Gasteiger partial charge in [0, 0.05) is 0 Å². The molecule has 0 radical (unpaired) electrons. The summed E-state index contributed by atoms with van der Waals surface area (Å²) < 4.78 is 0. The summed E-state index contributed by atoms with van der Waals surface area (Å²) in [5, 5.41) is 6.62. The molecular weight excluding hydrogens is 196 g/mol. The van der Waals surface area contributed by atoms with Crippen LogP contribution in [0.2, 0.25) is 0 Å². The molecule has 1 aromatic rings. The summed E-state index contributed by atoms with van der Waals surface area (Å²) in [5.41, 5.74) is 2.90. The summed E-state index contributed by atoms with van der Waals surface area (Å²) in [5.74, 6) is 0. The van der Waals surface area contributed by atoms with Gasteiger partial charge < -0.3 is 10.6 Å². The number of hydrogen-bond donors (Lipinski definition) is 2. The van der Waals surface area contributed by atoms with Gasteiger partial charge in [0.15, 0.2) is 0 Å². The summed E-state index contributed by atoms with van der Waals surface area (Å²) in [6.45, 7) is 5.53. The first kappa shape index (κ1) is 13.2. The molecule has 0 fully saturated rings. The van der Waals surface area contributed by atoms with Crippen LogP contribution in [0.15, 0.2) is 24.3 Å². The van der Waals surface area contributed by atoms with E-state index >= 15 is 0 Å². The highest BCUT2D eigenvalue weighted by Crippen LogP contribution is 2.08. The van der Waals surface area contributed by atoms with Crippen LogP contribution in [-0.4, -0.2) is 26.7 Å². The quantitative estimate of drug-likeness (QED) is 0.656. The monoisotopic (exact) mass is 220 g/mol. The van der Waals surface area contributed by atoms with Gasteiger partial charge in [-0.1, -0.05) is 24.3 Å². The maximum absolute atomic E-state index is 3.47. The van der Waals surface area contributed by atoms with Crippen LogP contribution in [0.5, 0.6) is 0 Å². The lowest BCUT2D eigenvalue weighted by molar-refractivity contribution is 0.606. The fourth-order valence-electron chi connectivity index (χ4n) is 1.81. The Morgan fingerprint density at radius 1 is 1.00 bits per heavy atom. The smallest absolute Gasteiger partial charge is 0.00368 e. The summed E-state index contributed by atoms with van der Waals surface area (Å²) in [6.07, 6.45) is 3.62. The lowest BCUT2D eigenvalue weighted by Gasteiger charge is -2.06.